The molecule has 190 valence electrons. The highest BCUT2D eigenvalue weighted by molar-refractivity contribution is 5.87. The fourth-order valence-electron chi connectivity index (χ4n) is 4.37. The van der Waals surface area contributed by atoms with Crippen LogP contribution in [0.25, 0.3) is 5.52 Å². The number of hydrogen-bond donors (Lipinski definition) is 1. The van der Waals surface area contributed by atoms with Crippen LogP contribution in [0.2, 0.25) is 0 Å². The van der Waals surface area contributed by atoms with Gasteiger partial charge in [0.25, 0.3) is 0 Å². The minimum atomic E-state index is -0.119. The van der Waals surface area contributed by atoms with Crippen LogP contribution in [-0.4, -0.2) is 65.9 Å². The van der Waals surface area contributed by atoms with E-state index in [1.165, 1.54) is 12.4 Å². The molecule has 2 aromatic heterocycles. The van der Waals surface area contributed by atoms with Crippen LogP contribution in [0.5, 0.6) is 11.5 Å². The lowest BCUT2D eigenvalue weighted by Gasteiger charge is -2.22. The second-order valence-corrected chi connectivity index (χ2v) is 7.98. The van der Waals surface area contributed by atoms with Crippen molar-refractivity contribution < 1.29 is 19.0 Å². The van der Waals surface area contributed by atoms with Crippen molar-refractivity contribution in [2.45, 2.75) is 32.2 Å². The molecule has 1 amide bonds. The molecule has 0 bridgehead atoms. The van der Waals surface area contributed by atoms with Gasteiger partial charge in [-0.05, 0) is 30.7 Å². The lowest BCUT2D eigenvalue weighted by Crippen LogP contribution is -2.37. The number of nitrogens with zero attached hydrogens (tertiary/aromatic N) is 4. The number of likely N-dealkylation sites (tertiary alicyclic amines) is 1. The first-order valence-corrected chi connectivity index (χ1v) is 11.8. The van der Waals surface area contributed by atoms with Gasteiger partial charge in [0.05, 0.1) is 32.4 Å². The lowest BCUT2D eigenvalue weighted by atomic mass is 10.0. The van der Waals surface area contributed by atoms with Gasteiger partial charge in [-0.15, -0.1) is 0 Å². The topological polar surface area (TPSA) is 104 Å². The molecule has 0 saturated carbocycles. The molecule has 1 saturated heterocycles. The Morgan fingerprint density at radius 1 is 1.17 bits per heavy atom. The van der Waals surface area contributed by atoms with Gasteiger partial charge in [-0.2, -0.15) is 5.10 Å². The van der Waals surface area contributed by atoms with Gasteiger partial charge >= 0.3 is 0 Å². The number of nitrogens with two attached hydrogens (primary N) is 1. The third-order valence-corrected chi connectivity index (χ3v) is 5.95. The number of benzene rings is 1. The molecular weight excluding hydrogens is 458 g/mol. The summed E-state index contributed by atoms with van der Waals surface area (Å²) in [5.41, 5.74) is 9.21. The molecule has 2 unspecified atom stereocenters. The molecular formula is C27H33N5O4. The van der Waals surface area contributed by atoms with E-state index in [0.29, 0.717) is 41.5 Å². The van der Waals surface area contributed by atoms with Crippen LogP contribution >= 0.6 is 0 Å². The number of nitrogen functional groups attached to an aromatic ring is 1. The first-order chi connectivity index (χ1) is 17.5. The van der Waals surface area contributed by atoms with Gasteiger partial charge in [-0.3, -0.25) is 4.79 Å². The van der Waals surface area contributed by atoms with Crippen molar-refractivity contribution in [2.75, 3.05) is 40.2 Å². The van der Waals surface area contributed by atoms with Crippen LogP contribution in [0.3, 0.4) is 0 Å². The number of anilines is 1. The molecule has 2 N–H and O–H groups in total. The van der Waals surface area contributed by atoms with Crippen LogP contribution in [0.1, 0.15) is 43.0 Å². The fraction of sp³-hybridized carbons (Fsp3) is 0.370. The third-order valence-electron chi connectivity index (χ3n) is 5.95. The van der Waals surface area contributed by atoms with E-state index in [-0.39, 0.29) is 17.9 Å². The largest absolute Gasteiger partial charge is 0.497 e. The summed E-state index contributed by atoms with van der Waals surface area (Å²) in [5, 5.41) is 4.44. The summed E-state index contributed by atoms with van der Waals surface area (Å²) in [6, 6.07) is 7.37. The summed E-state index contributed by atoms with van der Waals surface area (Å²) in [4.78, 5) is 18.4. The number of rotatable bonds is 6. The molecule has 9 nitrogen and oxygen atoms in total. The van der Waals surface area contributed by atoms with Crippen LogP contribution in [0.4, 0.5) is 5.82 Å². The van der Waals surface area contributed by atoms with Crippen molar-refractivity contribution in [3.63, 3.8) is 0 Å². The Bertz CT molecular complexity index is 1270. The van der Waals surface area contributed by atoms with E-state index in [4.69, 9.17) is 19.9 Å². The highest BCUT2D eigenvalue weighted by Crippen LogP contribution is 2.35. The molecule has 0 spiro atoms. The predicted octanol–water partition coefficient (Wildman–Crippen LogP) is 3.27. The Labute approximate surface area is 211 Å². The Hall–Kier alpha value is -4.03. The summed E-state index contributed by atoms with van der Waals surface area (Å²) in [6.07, 6.45) is 3.48. The van der Waals surface area contributed by atoms with Crippen molar-refractivity contribution in [1.82, 2.24) is 19.5 Å². The number of ether oxygens (including phenoxy) is 3. The van der Waals surface area contributed by atoms with Gasteiger partial charge in [-0.25, -0.2) is 9.50 Å². The maximum atomic E-state index is 12.4. The molecule has 4 rings (SSSR count). The average molecular weight is 492 g/mol. The summed E-state index contributed by atoms with van der Waals surface area (Å²) in [7, 11) is 4.82. The number of methoxy groups -OCH3 is 3. The first-order valence-electron chi connectivity index (χ1n) is 11.8. The van der Waals surface area contributed by atoms with E-state index >= 15 is 0 Å². The van der Waals surface area contributed by atoms with E-state index in [0.717, 1.165) is 17.7 Å². The zero-order valence-electron chi connectivity index (χ0n) is 21.4. The van der Waals surface area contributed by atoms with Crippen molar-refractivity contribution in [3.05, 3.63) is 60.1 Å². The molecule has 0 aliphatic carbocycles. The monoisotopic (exact) mass is 491 g/mol. The van der Waals surface area contributed by atoms with Crippen LogP contribution in [-0.2, 0) is 9.53 Å². The Morgan fingerprint density at radius 3 is 2.47 bits per heavy atom. The van der Waals surface area contributed by atoms with Crippen LogP contribution in [0, 0.1) is 11.8 Å². The van der Waals surface area contributed by atoms with Gasteiger partial charge in [0.2, 0.25) is 5.91 Å². The van der Waals surface area contributed by atoms with Gasteiger partial charge in [0, 0.05) is 36.9 Å². The highest BCUT2D eigenvalue weighted by Gasteiger charge is 2.36. The summed E-state index contributed by atoms with van der Waals surface area (Å²) < 4.78 is 17.8. The maximum absolute atomic E-state index is 12.4. The quantitative estimate of drug-likeness (QED) is 0.417. The number of fused-ring (bicyclic) bond motifs is 1. The molecule has 9 heteroatoms. The Balaban J connectivity index is 0.00000176. The van der Waals surface area contributed by atoms with E-state index < -0.39 is 0 Å². The molecule has 1 aromatic carbocycles. The zero-order chi connectivity index (χ0) is 26.2. The summed E-state index contributed by atoms with van der Waals surface area (Å²) in [6.45, 7) is 8.60. The standard InChI is InChI=1S/C25H27N5O4.C2H6/c1-5-23(31)29-13-18(10-19(29)14-32-2)22-11-17(24-25(26)27-15-28-30(22)24)7-6-16-8-20(33-3)12-21(9-16)34-4;1-2/h5,8-9,11-12,15,18-19H,1,10,13-14H2,2-4H3,(H2,26,27,28);1-2H3. The first kappa shape index (κ1) is 26.6. The smallest absolute Gasteiger partial charge is 0.246 e. The normalized spacial score (nSPS) is 16.5. The van der Waals surface area contributed by atoms with Crippen molar-refractivity contribution in [2.24, 2.45) is 0 Å². The number of aromatic nitrogens is 3. The second kappa shape index (κ2) is 12.1. The molecule has 2 atom stereocenters. The molecule has 3 heterocycles. The Kier molecular flexibility index (Phi) is 8.92. The molecule has 36 heavy (non-hydrogen) atoms. The number of carbonyl (C=O) groups is 1. The molecule has 1 aliphatic heterocycles. The maximum Gasteiger partial charge on any atom is 0.246 e. The predicted molar refractivity (Wildman–Crippen MR) is 139 cm³/mol. The van der Waals surface area contributed by atoms with E-state index in [2.05, 4.69) is 28.5 Å². The van der Waals surface area contributed by atoms with Crippen molar-refractivity contribution in [1.29, 1.82) is 0 Å². The van der Waals surface area contributed by atoms with E-state index in [1.807, 2.05) is 32.0 Å². The number of hydrogen-bond acceptors (Lipinski definition) is 7. The molecule has 0 radical (unpaired) electrons. The minimum absolute atomic E-state index is 0.0262. The number of carbonyl (C=O) groups excluding carboxylic acids is 1. The molecule has 1 fully saturated rings. The fourth-order valence-corrected chi connectivity index (χ4v) is 4.37. The van der Waals surface area contributed by atoms with E-state index in [1.54, 1.807) is 36.8 Å². The Morgan fingerprint density at radius 2 is 1.86 bits per heavy atom. The van der Waals surface area contributed by atoms with Gasteiger partial charge in [-0.1, -0.05) is 32.3 Å². The third kappa shape index (κ3) is 5.44. The van der Waals surface area contributed by atoms with Gasteiger partial charge < -0.3 is 24.8 Å². The highest BCUT2D eigenvalue weighted by atomic mass is 16.5. The van der Waals surface area contributed by atoms with Gasteiger partial charge in [0.1, 0.15) is 23.3 Å². The van der Waals surface area contributed by atoms with Crippen LogP contribution < -0.4 is 15.2 Å². The molecule has 3 aromatic rings. The van der Waals surface area contributed by atoms with Gasteiger partial charge in [0.15, 0.2) is 5.82 Å². The second-order valence-electron chi connectivity index (χ2n) is 7.98. The number of amides is 1. The van der Waals surface area contributed by atoms with Crippen molar-refractivity contribution >= 4 is 17.2 Å². The minimum Gasteiger partial charge on any atom is -0.497 e. The summed E-state index contributed by atoms with van der Waals surface area (Å²) >= 11 is 0. The average Bonchev–Trinajstić information content (AvgIpc) is 3.50. The lowest BCUT2D eigenvalue weighted by molar-refractivity contribution is -0.127. The van der Waals surface area contributed by atoms with Crippen molar-refractivity contribution in [3.8, 4) is 23.3 Å². The SMILES string of the molecule is C=CC(=O)N1CC(c2cc(C#Cc3cc(OC)cc(OC)c3)c3c(N)ncnn23)CC1COC.CC. The molecule has 1 aliphatic rings. The van der Waals surface area contributed by atoms with E-state index in [9.17, 15) is 4.79 Å². The van der Waals surface area contributed by atoms with Crippen LogP contribution in [0.15, 0.2) is 43.2 Å². The summed E-state index contributed by atoms with van der Waals surface area (Å²) in [5.74, 6) is 7.91. The zero-order valence-corrected chi connectivity index (χ0v) is 21.4.